The van der Waals surface area contributed by atoms with Crippen molar-refractivity contribution >= 4 is 17.7 Å². The SMILES string of the molecule is COCC(=O)N1CCSC1c1cc(OC)c(OC)cc1OC. The summed E-state index contributed by atoms with van der Waals surface area (Å²) in [6.07, 6.45) is 0. The first kappa shape index (κ1) is 16.8. The van der Waals surface area contributed by atoms with Crippen LogP contribution in [0.25, 0.3) is 0 Å². The average Bonchev–Trinajstić information content (AvgIpc) is 3.03. The number of amides is 1. The predicted octanol–water partition coefficient (Wildman–Crippen LogP) is 1.93. The highest BCUT2D eigenvalue weighted by Crippen LogP contribution is 2.45. The molecule has 122 valence electrons. The van der Waals surface area contributed by atoms with Crippen molar-refractivity contribution in [2.75, 3.05) is 47.3 Å². The normalized spacial score (nSPS) is 17.5. The van der Waals surface area contributed by atoms with Crippen molar-refractivity contribution in [1.29, 1.82) is 0 Å². The summed E-state index contributed by atoms with van der Waals surface area (Å²) >= 11 is 1.69. The van der Waals surface area contributed by atoms with Crippen LogP contribution in [0.15, 0.2) is 12.1 Å². The van der Waals surface area contributed by atoms with Gasteiger partial charge in [0.1, 0.15) is 17.7 Å². The number of hydrogen-bond acceptors (Lipinski definition) is 6. The highest BCUT2D eigenvalue weighted by Gasteiger charge is 2.33. The van der Waals surface area contributed by atoms with Gasteiger partial charge in [-0.3, -0.25) is 4.79 Å². The molecular formula is C15H21NO5S. The van der Waals surface area contributed by atoms with E-state index in [0.29, 0.717) is 23.8 Å². The summed E-state index contributed by atoms with van der Waals surface area (Å²) in [5.74, 6) is 2.73. The summed E-state index contributed by atoms with van der Waals surface area (Å²) in [6.45, 7) is 0.766. The van der Waals surface area contributed by atoms with Gasteiger partial charge in [0.15, 0.2) is 11.5 Å². The molecule has 0 bridgehead atoms. The molecule has 7 heteroatoms. The van der Waals surface area contributed by atoms with Gasteiger partial charge in [0.05, 0.1) is 21.3 Å². The number of nitrogens with zero attached hydrogens (tertiary/aromatic N) is 1. The zero-order valence-electron chi connectivity index (χ0n) is 13.3. The predicted molar refractivity (Wildman–Crippen MR) is 84.9 cm³/mol. The average molecular weight is 327 g/mol. The molecule has 2 rings (SSSR count). The minimum atomic E-state index is -0.114. The molecule has 1 amide bonds. The molecule has 0 saturated carbocycles. The van der Waals surface area contributed by atoms with Gasteiger partial charge >= 0.3 is 0 Å². The van der Waals surface area contributed by atoms with E-state index in [1.807, 2.05) is 6.07 Å². The summed E-state index contributed by atoms with van der Waals surface area (Å²) in [5, 5.41) is -0.114. The van der Waals surface area contributed by atoms with E-state index in [0.717, 1.165) is 11.3 Å². The fraction of sp³-hybridized carbons (Fsp3) is 0.533. The number of ether oxygens (including phenoxy) is 4. The van der Waals surface area contributed by atoms with Gasteiger partial charge < -0.3 is 23.8 Å². The summed E-state index contributed by atoms with van der Waals surface area (Å²) in [7, 11) is 6.29. The summed E-state index contributed by atoms with van der Waals surface area (Å²) < 4.78 is 21.1. The number of carbonyl (C=O) groups is 1. The molecule has 1 heterocycles. The molecule has 1 aliphatic heterocycles. The number of carbonyl (C=O) groups excluding carboxylic acids is 1. The van der Waals surface area contributed by atoms with E-state index in [1.165, 1.54) is 7.11 Å². The van der Waals surface area contributed by atoms with Gasteiger partial charge in [-0.2, -0.15) is 0 Å². The molecule has 22 heavy (non-hydrogen) atoms. The van der Waals surface area contributed by atoms with Crippen molar-refractivity contribution in [3.8, 4) is 17.2 Å². The van der Waals surface area contributed by atoms with Gasteiger partial charge in [-0.15, -0.1) is 11.8 Å². The number of rotatable bonds is 6. The Morgan fingerprint density at radius 2 is 1.77 bits per heavy atom. The van der Waals surface area contributed by atoms with Crippen molar-refractivity contribution < 1.29 is 23.7 Å². The fourth-order valence-corrected chi connectivity index (χ4v) is 3.73. The van der Waals surface area contributed by atoms with Crippen LogP contribution >= 0.6 is 11.8 Å². The van der Waals surface area contributed by atoms with Crippen LogP contribution in [0.3, 0.4) is 0 Å². The van der Waals surface area contributed by atoms with Crippen molar-refractivity contribution in [2.45, 2.75) is 5.37 Å². The van der Waals surface area contributed by atoms with Gasteiger partial charge in [-0.1, -0.05) is 0 Å². The Hall–Kier alpha value is -1.60. The van der Waals surface area contributed by atoms with E-state index in [4.69, 9.17) is 18.9 Å². The largest absolute Gasteiger partial charge is 0.496 e. The van der Waals surface area contributed by atoms with E-state index in [9.17, 15) is 4.79 Å². The zero-order chi connectivity index (χ0) is 16.1. The lowest BCUT2D eigenvalue weighted by molar-refractivity contribution is -0.135. The highest BCUT2D eigenvalue weighted by atomic mass is 32.2. The summed E-state index contributed by atoms with van der Waals surface area (Å²) in [5.41, 5.74) is 0.895. The first-order valence-electron chi connectivity index (χ1n) is 6.86. The Morgan fingerprint density at radius 1 is 1.14 bits per heavy atom. The van der Waals surface area contributed by atoms with Crippen molar-refractivity contribution in [3.05, 3.63) is 17.7 Å². The second-order valence-corrected chi connectivity index (χ2v) is 5.88. The van der Waals surface area contributed by atoms with Crippen LogP contribution in [0.2, 0.25) is 0 Å². The number of methoxy groups -OCH3 is 4. The third-order valence-corrected chi connectivity index (χ3v) is 4.72. The van der Waals surface area contributed by atoms with Gasteiger partial charge in [0.25, 0.3) is 0 Å². The van der Waals surface area contributed by atoms with E-state index in [2.05, 4.69) is 0 Å². The molecule has 1 aromatic carbocycles. The second-order valence-electron chi connectivity index (χ2n) is 4.69. The quantitative estimate of drug-likeness (QED) is 0.796. The first-order chi connectivity index (χ1) is 10.7. The summed E-state index contributed by atoms with van der Waals surface area (Å²) in [6, 6.07) is 3.65. The lowest BCUT2D eigenvalue weighted by Crippen LogP contribution is -2.33. The standard InChI is InChI=1S/C15H21NO5S/c1-18-9-14(17)16-5-6-22-15(16)10-7-12(20-3)13(21-4)8-11(10)19-2/h7-8,15H,5-6,9H2,1-4H3. The van der Waals surface area contributed by atoms with Crippen LogP contribution in [0.4, 0.5) is 0 Å². The fourth-order valence-electron chi connectivity index (χ4n) is 2.44. The zero-order valence-corrected chi connectivity index (χ0v) is 14.1. The third-order valence-electron chi connectivity index (χ3n) is 3.48. The van der Waals surface area contributed by atoms with Crippen molar-refractivity contribution in [1.82, 2.24) is 4.90 Å². The van der Waals surface area contributed by atoms with Crippen molar-refractivity contribution in [3.63, 3.8) is 0 Å². The maximum Gasteiger partial charge on any atom is 0.249 e. The van der Waals surface area contributed by atoms with E-state index in [1.54, 1.807) is 44.1 Å². The molecule has 1 fully saturated rings. The maximum atomic E-state index is 12.2. The molecule has 1 aliphatic rings. The molecule has 1 aromatic rings. The smallest absolute Gasteiger partial charge is 0.249 e. The Balaban J connectivity index is 2.39. The molecule has 0 radical (unpaired) electrons. The van der Waals surface area contributed by atoms with Crippen LogP contribution < -0.4 is 14.2 Å². The Morgan fingerprint density at radius 3 is 2.36 bits per heavy atom. The molecule has 1 saturated heterocycles. The van der Waals surface area contributed by atoms with E-state index >= 15 is 0 Å². The molecule has 0 aromatic heterocycles. The number of thioether (sulfide) groups is 1. The minimum Gasteiger partial charge on any atom is -0.496 e. The number of hydrogen-bond donors (Lipinski definition) is 0. The minimum absolute atomic E-state index is 0.0330. The topological polar surface area (TPSA) is 57.2 Å². The van der Waals surface area contributed by atoms with Crippen LogP contribution in [-0.4, -0.2) is 58.2 Å². The van der Waals surface area contributed by atoms with Gasteiger partial charge in [0.2, 0.25) is 5.91 Å². The second kappa shape index (κ2) is 7.60. The molecule has 6 nitrogen and oxygen atoms in total. The molecule has 1 atom stereocenters. The Kier molecular flexibility index (Phi) is 5.79. The third kappa shape index (κ3) is 3.25. The lowest BCUT2D eigenvalue weighted by Gasteiger charge is -2.26. The van der Waals surface area contributed by atoms with E-state index < -0.39 is 0 Å². The molecular weight excluding hydrogens is 306 g/mol. The van der Waals surface area contributed by atoms with Crippen LogP contribution in [0, 0.1) is 0 Å². The van der Waals surface area contributed by atoms with Crippen LogP contribution in [0.1, 0.15) is 10.9 Å². The van der Waals surface area contributed by atoms with Crippen LogP contribution in [0.5, 0.6) is 17.2 Å². The Bertz CT molecular complexity index is 537. The highest BCUT2D eigenvalue weighted by molar-refractivity contribution is 7.99. The monoisotopic (exact) mass is 327 g/mol. The molecule has 0 aliphatic carbocycles. The van der Waals surface area contributed by atoms with Crippen molar-refractivity contribution in [2.24, 2.45) is 0 Å². The summed E-state index contributed by atoms with van der Waals surface area (Å²) in [4.78, 5) is 14.0. The number of benzene rings is 1. The van der Waals surface area contributed by atoms with Gasteiger partial charge in [-0.25, -0.2) is 0 Å². The van der Waals surface area contributed by atoms with Gasteiger partial charge in [-0.05, 0) is 6.07 Å². The van der Waals surface area contributed by atoms with Crippen LogP contribution in [-0.2, 0) is 9.53 Å². The van der Waals surface area contributed by atoms with E-state index in [-0.39, 0.29) is 17.9 Å². The maximum absolute atomic E-state index is 12.2. The molecule has 0 N–H and O–H groups in total. The molecule has 1 unspecified atom stereocenters. The Labute approximate surface area is 134 Å². The molecule has 0 spiro atoms. The lowest BCUT2D eigenvalue weighted by atomic mass is 10.1. The first-order valence-corrected chi connectivity index (χ1v) is 7.91. The van der Waals surface area contributed by atoms with Gasteiger partial charge in [0, 0.05) is 31.0 Å².